The quantitative estimate of drug-likeness (QED) is 0.930. The van der Waals surface area contributed by atoms with Crippen molar-refractivity contribution in [1.82, 2.24) is 4.98 Å². The second-order valence-electron chi connectivity index (χ2n) is 5.19. The number of allylic oxidation sites excluding steroid dienone is 3. The standard InChI is InChI=1S/C17H16N2O2S/c1-11-8-15(13-5-7-22-10-13)16(17(20)21)12(2)19(11)14-4-3-6-18-9-14/h3-10,15H,1-2H3,(H,20,21). The zero-order chi connectivity index (χ0) is 15.7. The van der Waals surface area contributed by atoms with Crippen LogP contribution in [0.4, 0.5) is 5.69 Å². The van der Waals surface area contributed by atoms with Gasteiger partial charge in [0.2, 0.25) is 0 Å². The van der Waals surface area contributed by atoms with Crippen LogP contribution in [-0.4, -0.2) is 16.1 Å². The van der Waals surface area contributed by atoms with Crippen molar-refractivity contribution in [1.29, 1.82) is 0 Å². The Kier molecular flexibility index (Phi) is 3.81. The van der Waals surface area contributed by atoms with Crippen LogP contribution >= 0.6 is 11.3 Å². The maximum atomic E-state index is 11.8. The fourth-order valence-electron chi connectivity index (χ4n) is 2.90. The predicted molar refractivity (Wildman–Crippen MR) is 87.9 cm³/mol. The third kappa shape index (κ3) is 2.44. The van der Waals surface area contributed by atoms with Gasteiger partial charge in [-0.15, -0.1) is 0 Å². The second kappa shape index (κ2) is 5.77. The highest BCUT2D eigenvalue weighted by Crippen LogP contribution is 2.39. The number of rotatable bonds is 3. The summed E-state index contributed by atoms with van der Waals surface area (Å²) in [4.78, 5) is 17.9. The molecule has 0 radical (unpaired) electrons. The first-order valence-electron chi connectivity index (χ1n) is 6.94. The van der Waals surface area contributed by atoms with Gasteiger partial charge < -0.3 is 10.0 Å². The van der Waals surface area contributed by atoms with Crippen LogP contribution in [0.2, 0.25) is 0 Å². The van der Waals surface area contributed by atoms with E-state index in [1.807, 2.05) is 53.8 Å². The van der Waals surface area contributed by atoms with Crippen LogP contribution in [0.1, 0.15) is 25.3 Å². The van der Waals surface area contributed by atoms with Gasteiger partial charge in [0, 0.05) is 23.5 Å². The summed E-state index contributed by atoms with van der Waals surface area (Å²) in [5.74, 6) is -1.09. The number of hydrogen-bond acceptors (Lipinski definition) is 4. The Bertz CT molecular complexity index is 748. The molecule has 4 nitrogen and oxygen atoms in total. The van der Waals surface area contributed by atoms with Crippen molar-refractivity contribution >= 4 is 23.0 Å². The average Bonchev–Trinajstić information content (AvgIpc) is 3.01. The number of carbonyl (C=O) groups is 1. The summed E-state index contributed by atoms with van der Waals surface area (Å²) in [6, 6.07) is 5.76. The molecule has 0 fully saturated rings. The summed E-state index contributed by atoms with van der Waals surface area (Å²) >= 11 is 1.58. The minimum absolute atomic E-state index is 0.211. The largest absolute Gasteiger partial charge is 0.478 e. The normalized spacial score (nSPS) is 18.4. The zero-order valence-corrected chi connectivity index (χ0v) is 13.2. The summed E-state index contributed by atoms with van der Waals surface area (Å²) in [7, 11) is 0. The number of carboxylic acid groups (broad SMARTS) is 1. The van der Waals surface area contributed by atoms with Gasteiger partial charge in [-0.3, -0.25) is 4.98 Å². The first kappa shape index (κ1) is 14.5. The maximum absolute atomic E-state index is 11.8. The smallest absolute Gasteiger partial charge is 0.334 e. The Hall–Kier alpha value is -2.40. The van der Waals surface area contributed by atoms with Gasteiger partial charge in [-0.05, 0) is 48.4 Å². The Morgan fingerprint density at radius 1 is 1.36 bits per heavy atom. The van der Waals surface area contributed by atoms with E-state index >= 15 is 0 Å². The van der Waals surface area contributed by atoms with Gasteiger partial charge in [0.15, 0.2) is 0 Å². The van der Waals surface area contributed by atoms with Gasteiger partial charge in [-0.25, -0.2) is 4.79 Å². The lowest BCUT2D eigenvalue weighted by molar-refractivity contribution is -0.132. The average molecular weight is 312 g/mol. The molecule has 1 aliphatic rings. The molecule has 0 saturated heterocycles. The van der Waals surface area contributed by atoms with Gasteiger partial charge in [0.1, 0.15) is 0 Å². The van der Waals surface area contributed by atoms with Crippen LogP contribution in [0.5, 0.6) is 0 Å². The number of aromatic nitrogens is 1. The van der Waals surface area contributed by atoms with E-state index < -0.39 is 5.97 Å². The molecule has 2 aromatic heterocycles. The molecule has 22 heavy (non-hydrogen) atoms. The molecule has 0 aromatic carbocycles. The summed E-state index contributed by atoms with van der Waals surface area (Å²) in [6.45, 7) is 3.85. The van der Waals surface area contributed by atoms with Crippen molar-refractivity contribution in [2.45, 2.75) is 19.8 Å². The zero-order valence-electron chi connectivity index (χ0n) is 12.4. The van der Waals surface area contributed by atoms with Crippen molar-refractivity contribution < 1.29 is 9.90 Å². The first-order chi connectivity index (χ1) is 10.6. The maximum Gasteiger partial charge on any atom is 0.334 e. The van der Waals surface area contributed by atoms with Crippen molar-refractivity contribution in [3.63, 3.8) is 0 Å². The van der Waals surface area contributed by atoms with Crippen molar-refractivity contribution in [3.05, 3.63) is 70.0 Å². The minimum atomic E-state index is -0.883. The number of aliphatic carboxylic acids is 1. The number of nitrogens with zero attached hydrogens (tertiary/aromatic N) is 2. The predicted octanol–water partition coefficient (Wildman–Crippen LogP) is 4.01. The highest BCUT2D eigenvalue weighted by molar-refractivity contribution is 7.08. The lowest BCUT2D eigenvalue weighted by Gasteiger charge is -2.34. The molecule has 0 aliphatic carbocycles. The molecule has 1 unspecified atom stereocenters. The van der Waals surface area contributed by atoms with E-state index in [1.165, 1.54) is 0 Å². The third-order valence-corrected chi connectivity index (χ3v) is 4.54. The molecule has 1 atom stereocenters. The van der Waals surface area contributed by atoms with E-state index in [0.29, 0.717) is 5.57 Å². The third-order valence-electron chi connectivity index (χ3n) is 3.83. The van der Waals surface area contributed by atoms with E-state index in [1.54, 1.807) is 23.7 Å². The molecular formula is C17H16N2O2S. The topological polar surface area (TPSA) is 53.4 Å². The molecule has 2 aromatic rings. The van der Waals surface area contributed by atoms with E-state index in [0.717, 1.165) is 22.6 Å². The summed E-state index contributed by atoms with van der Waals surface area (Å²) in [5.41, 5.74) is 4.04. The van der Waals surface area contributed by atoms with E-state index in [4.69, 9.17) is 0 Å². The summed E-state index contributed by atoms with van der Waals surface area (Å²) in [6.07, 6.45) is 5.45. The molecule has 112 valence electrons. The van der Waals surface area contributed by atoms with Crippen molar-refractivity contribution in [2.75, 3.05) is 4.90 Å². The lowest BCUT2D eigenvalue weighted by atomic mass is 9.87. The van der Waals surface area contributed by atoms with Gasteiger partial charge in [0.05, 0.1) is 17.5 Å². The molecule has 0 spiro atoms. The van der Waals surface area contributed by atoms with Crippen LogP contribution in [-0.2, 0) is 4.79 Å². The summed E-state index contributed by atoms with van der Waals surface area (Å²) in [5, 5.41) is 13.7. The lowest BCUT2D eigenvalue weighted by Crippen LogP contribution is -2.29. The van der Waals surface area contributed by atoms with E-state index in [-0.39, 0.29) is 5.92 Å². The fraction of sp³-hybridized carbons (Fsp3) is 0.176. The first-order valence-corrected chi connectivity index (χ1v) is 7.88. The van der Waals surface area contributed by atoms with Crippen LogP contribution in [0, 0.1) is 0 Å². The van der Waals surface area contributed by atoms with Gasteiger partial charge in [0.25, 0.3) is 0 Å². The van der Waals surface area contributed by atoms with Crippen LogP contribution in [0.25, 0.3) is 0 Å². The van der Waals surface area contributed by atoms with E-state index in [2.05, 4.69) is 4.98 Å². The minimum Gasteiger partial charge on any atom is -0.478 e. The number of pyridine rings is 1. The van der Waals surface area contributed by atoms with Gasteiger partial charge in [-0.2, -0.15) is 11.3 Å². The molecule has 0 bridgehead atoms. The second-order valence-corrected chi connectivity index (χ2v) is 5.97. The van der Waals surface area contributed by atoms with Crippen molar-refractivity contribution in [3.8, 4) is 0 Å². The summed E-state index contributed by atoms with van der Waals surface area (Å²) < 4.78 is 0. The molecule has 0 saturated carbocycles. The van der Waals surface area contributed by atoms with Crippen LogP contribution in [0.15, 0.2) is 64.4 Å². The fourth-order valence-corrected chi connectivity index (χ4v) is 3.59. The molecule has 0 amide bonds. The number of carboxylic acids is 1. The van der Waals surface area contributed by atoms with Gasteiger partial charge in [-0.1, -0.05) is 6.08 Å². The Labute approximate surface area is 133 Å². The highest BCUT2D eigenvalue weighted by Gasteiger charge is 2.31. The van der Waals surface area contributed by atoms with Gasteiger partial charge >= 0.3 is 5.97 Å². The number of hydrogen-bond donors (Lipinski definition) is 1. The van der Waals surface area contributed by atoms with Crippen LogP contribution < -0.4 is 4.90 Å². The monoisotopic (exact) mass is 312 g/mol. The number of thiophene rings is 1. The van der Waals surface area contributed by atoms with E-state index in [9.17, 15) is 9.90 Å². The Morgan fingerprint density at radius 3 is 2.77 bits per heavy atom. The molecule has 3 heterocycles. The highest BCUT2D eigenvalue weighted by atomic mass is 32.1. The molecule has 1 aliphatic heterocycles. The Morgan fingerprint density at radius 2 is 2.18 bits per heavy atom. The Balaban J connectivity index is 2.13. The van der Waals surface area contributed by atoms with Crippen LogP contribution in [0.3, 0.4) is 0 Å². The molecule has 1 N–H and O–H groups in total. The molecular weight excluding hydrogens is 296 g/mol. The van der Waals surface area contributed by atoms with Crippen molar-refractivity contribution in [2.24, 2.45) is 0 Å². The SMILES string of the molecule is CC1=CC(c2ccsc2)C(C(=O)O)=C(C)N1c1cccnc1. The number of anilines is 1. The molecule has 5 heteroatoms. The molecule has 3 rings (SSSR count).